The number of benzene rings is 1. The Balaban J connectivity index is 2.24. The lowest BCUT2D eigenvalue weighted by molar-refractivity contribution is 0.621. The van der Waals surface area contributed by atoms with Crippen LogP contribution in [0.2, 0.25) is 10.0 Å². The highest BCUT2D eigenvalue weighted by Gasteiger charge is 2.15. The van der Waals surface area contributed by atoms with Crippen molar-refractivity contribution in [3.63, 3.8) is 0 Å². The third-order valence-corrected chi connectivity index (χ3v) is 3.35. The zero-order valence-electron chi connectivity index (χ0n) is 9.41. The quantitative estimate of drug-likeness (QED) is 0.932. The maximum Gasteiger partial charge on any atom is 0.142 e. The number of nitrogens with two attached hydrogens (primary N) is 1. The Morgan fingerprint density at radius 3 is 2.72 bits per heavy atom. The molecule has 0 spiro atoms. The minimum absolute atomic E-state index is 0.0972. The van der Waals surface area contributed by atoms with Crippen LogP contribution in [0.15, 0.2) is 36.5 Å². The van der Waals surface area contributed by atoms with Crippen LogP contribution in [0.1, 0.15) is 17.3 Å². The van der Waals surface area contributed by atoms with E-state index in [0.29, 0.717) is 22.7 Å². The number of hydrogen-bond acceptors (Lipinski definition) is 2. The van der Waals surface area contributed by atoms with Crippen molar-refractivity contribution in [1.82, 2.24) is 4.98 Å². The molecule has 1 heterocycles. The molecule has 1 aromatic carbocycles. The predicted molar refractivity (Wildman–Crippen MR) is 71.3 cm³/mol. The number of rotatable bonds is 3. The second-order valence-corrected chi connectivity index (χ2v) is 4.68. The van der Waals surface area contributed by atoms with Crippen molar-refractivity contribution in [3.05, 3.63) is 63.6 Å². The summed E-state index contributed by atoms with van der Waals surface area (Å²) in [5.74, 6) is -0.450. The van der Waals surface area contributed by atoms with Crippen molar-refractivity contribution in [3.8, 4) is 0 Å². The largest absolute Gasteiger partial charge is 0.322 e. The van der Waals surface area contributed by atoms with Crippen molar-refractivity contribution in [2.45, 2.75) is 12.5 Å². The van der Waals surface area contributed by atoms with E-state index in [1.807, 2.05) is 0 Å². The Morgan fingerprint density at radius 2 is 2.00 bits per heavy atom. The second kappa shape index (κ2) is 5.65. The summed E-state index contributed by atoms with van der Waals surface area (Å²) >= 11 is 11.9. The van der Waals surface area contributed by atoms with Crippen LogP contribution in [0.25, 0.3) is 0 Å². The minimum atomic E-state index is -0.450. The van der Waals surface area contributed by atoms with Gasteiger partial charge in [0.05, 0.1) is 21.8 Å². The van der Waals surface area contributed by atoms with E-state index in [0.717, 1.165) is 0 Å². The Bertz CT molecular complexity index is 560. The number of nitrogens with zero attached hydrogens (tertiary/aromatic N) is 1. The molecule has 0 fully saturated rings. The summed E-state index contributed by atoms with van der Waals surface area (Å²) in [6, 6.07) is 7.68. The van der Waals surface area contributed by atoms with Crippen LogP contribution in [0.5, 0.6) is 0 Å². The van der Waals surface area contributed by atoms with Crippen LogP contribution in [0, 0.1) is 5.82 Å². The van der Waals surface area contributed by atoms with Gasteiger partial charge in [0.1, 0.15) is 5.82 Å². The van der Waals surface area contributed by atoms with E-state index in [-0.39, 0.29) is 5.02 Å². The fourth-order valence-electron chi connectivity index (χ4n) is 1.71. The van der Waals surface area contributed by atoms with E-state index in [9.17, 15) is 4.39 Å². The first kappa shape index (κ1) is 13.3. The molecule has 18 heavy (non-hydrogen) atoms. The number of halogens is 3. The summed E-state index contributed by atoms with van der Waals surface area (Å²) in [7, 11) is 0. The number of pyridine rings is 1. The molecule has 0 bridgehead atoms. The van der Waals surface area contributed by atoms with Crippen molar-refractivity contribution >= 4 is 23.2 Å². The highest BCUT2D eigenvalue weighted by atomic mass is 35.5. The molecule has 0 saturated heterocycles. The van der Waals surface area contributed by atoms with Gasteiger partial charge in [0, 0.05) is 6.20 Å². The molecule has 0 saturated carbocycles. The summed E-state index contributed by atoms with van der Waals surface area (Å²) in [6.45, 7) is 0. The number of aromatic nitrogens is 1. The molecule has 0 radical (unpaired) electrons. The molecular weight excluding hydrogens is 274 g/mol. The fraction of sp³-hybridized carbons (Fsp3) is 0.154. The van der Waals surface area contributed by atoms with Crippen LogP contribution >= 0.6 is 23.2 Å². The third kappa shape index (κ3) is 2.80. The molecule has 0 aliphatic carbocycles. The van der Waals surface area contributed by atoms with Gasteiger partial charge in [-0.05, 0) is 30.2 Å². The zero-order valence-corrected chi connectivity index (χ0v) is 10.9. The van der Waals surface area contributed by atoms with Gasteiger partial charge in [0.15, 0.2) is 0 Å². The van der Waals surface area contributed by atoms with Gasteiger partial charge in [-0.1, -0.05) is 35.3 Å². The van der Waals surface area contributed by atoms with Gasteiger partial charge in [-0.3, -0.25) is 4.98 Å². The Hall–Kier alpha value is -1.16. The molecule has 5 heteroatoms. The second-order valence-electron chi connectivity index (χ2n) is 3.89. The average molecular weight is 285 g/mol. The van der Waals surface area contributed by atoms with Crippen LogP contribution in [0.3, 0.4) is 0 Å². The van der Waals surface area contributed by atoms with E-state index in [1.165, 1.54) is 6.07 Å². The summed E-state index contributed by atoms with van der Waals surface area (Å²) in [5, 5.41) is 0.595. The van der Waals surface area contributed by atoms with Gasteiger partial charge in [-0.25, -0.2) is 4.39 Å². The van der Waals surface area contributed by atoms with E-state index in [1.54, 1.807) is 30.5 Å². The van der Waals surface area contributed by atoms with Gasteiger partial charge in [-0.2, -0.15) is 0 Å². The lowest BCUT2D eigenvalue weighted by Crippen LogP contribution is -2.15. The molecule has 2 nitrogen and oxygen atoms in total. The van der Waals surface area contributed by atoms with E-state index in [2.05, 4.69) is 4.98 Å². The van der Waals surface area contributed by atoms with E-state index < -0.39 is 11.9 Å². The minimum Gasteiger partial charge on any atom is -0.322 e. The van der Waals surface area contributed by atoms with E-state index in [4.69, 9.17) is 28.9 Å². The molecule has 1 aromatic heterocycles. The Morgan fingerprint density at radius 1 is 1.22 bits per heavy atom. The SMILES string of the molecule is NC(Cc1cccc(F)c1Cl)c1ncccc1Cl. The maximum absolute atomic E-state index is 13.3. The first-order valence-corrected chi connectivity index (χ1v) is 6.14. The normalized spacial score (nSPS) is 12.4. The van der Waals surface area contributed by atoms with Crippen molar-refractivity contribution < 1.29 is 4.39 Å². The third-order valence-electron chi connectivity index (χ3n) is 2.61. The van der Waals surface area contributed by atoms with Gasteiger partial charge < -0.3 is 5.73 Å². The zero-order chi connectivity index (χ0) is 13.1. The summed E-state index contributed by atoms with van der Waals surface area (Å²) in [5.41, 5.74) is 7.25. The topological polar surface area (TPSA) is 38.9 Å². The monoisotopic (exact) mass is 284 g/mol. The van der Waals surface area contributed by atoms with Crippen LogP contribution in [-0.4, -0.2) is 4.98 Å². The van der Waals surface area contributed by atoms with Gasteiger partial charge >= 0.3 is 0 Å². The highest BCUT2D eigenvalue weighted by molar-refractivity contribution is 6.31. The van der Waals surface area contributed by atoms with Crippen molar-refractivity contribution in [2.24, 2.45) is 5.73 Å². The molecule has 1 unspecified atom stereocenters. The summed E-state index contributed by atoms with van der Waals surface area (Å²) in [4.78, 5) is 4.13. The van der Waals surface area contributed by atoms with E-state index >= 15 is 0 Å². The Kier molecular flexibility index (Phi) is 4.17. The lowest BCUT2D eigenvalue weighted by Gasteiger charge is -2.13. The molecule has 1 atom stereocenters. The highest BCUT2D eigenvalue weighted by Crippen LogP contribution is 2.26. The maximum atomic E-state index is 13.3. The van der Waals surface area contributed by atoms with Crippen molar-refractivity contribution in [1.29, 1.82) is 0 Å². The predicted octanol–water partition coefficient (Wildman–Crippen LogP) is 3.77. The Labute approximate surface area is 115 Å². The average Bonchev–Trinajstić information content (AvgIpc) is 2.35. The van der Waals surface area contributed by atoms with Crippen LogP contribution < -0.4 is 5.73 Å². The van der Waals surface area contributed by atoms with Crippen molar-refractivity contribution in [2.75, 3.05) is 0 Å². The van der Waals surface area contributed by atoms with Gasteiger partial charge in [-0.15, -0.1) is 0 Å². The molecule has 2 N–H and O–H groups in total. The molecular formula is C13H11Cl2FN2. The van der Waals surface area contributed by atoms with Crippen LogP contribution in [0.4, 0.5) is 4.39 Å². The first-order valence-electron chi connectivity index (χ1n) is 5.38. The van der Waals surface area contributed by atoms with Crippen LogP contribution in [-0.2, 0) is 6.42 Å². The molecule has 2 aromatic rings. The number of hydrogen-bond donors (Lipinski definition) is 1. The fourth-order valence-corrected chi connectivity index (χ4v) is 2.18. The smallest absolute Gasteiger partial charge is 0.142 e. The molecule has 0 aliphatic rings. The standard InChI is InChI=1S/C13H11Cl2FN2/c14-9-4-2-6-18-13(9)11(17)7-8-3-1-5-10(16)12(8)15/h1-6,11H,7,17H2. The van der Waals surface area contributed by atoms with Gasteiger partial charge in [0.2, 0.25) is 0 Å². The molecule has 0 amide bonds. The molecule has 94 valence electrons. The van der Waals surface area contributed by atoms with Gasteiger partial charge in [0.25, 0.3) is 0 Å². The lowest BCUT2D eigenvalue weighted by atomic mass is 10.0. The molecule has 0 aliphatic heterocycles. The molecule has 2 rings (SSSR count). The summed E-state index contributed by atoms with van der Waals surface area (Å²) in [6.07, 6.45) is 2.00. The summed E-state index contributed by atoms with van der Waals surface area (Å²) < 4.78 is 13.3. The first-order chi connectivity index (χ1) is 8.59.